The Balaban J connectivity index is 1.66. The molecule has 17 heavy (non-hydrogen) atoms. The largest absolute Gasteiger partial charge is 0.342 e. The summed E-state index contributed by atoms with van der Waals surface area (Å²) < 4.78 is 0. The number of likely N-dealkylation sites (tertiary alicyclic amines) is 1. The summed E-state index contributed by atoms with van der Waals surface area (Å²) in [6, 6.07) is 0. The van der Waals surface area contributed by atoms with Gasteiger partial charge in [0.1, 0.15) is 0 Å². The number of carbonyl (C=O) groups is 1. The van der Waals surface area contributed by atoms with Crippen molar-refractivity contribution in [3.05, 3.63) is 0 Å². The molecule has 2 fully saturated rings. The van der Waals surface area contributed by atoms with Crippen LogP contribution in [0, 0.1) is 11.8 Å². The van der Waals surface area contributed by atoms with Crippen molar-refractivity contribution in [3.8, 4) is 0 Å². The van der Waals surface area contributed by atoms with E-state index >= 15 is 0 Å². The monoisotopic (exact) mass is 238 g/mol. The molecule has 0 bridgehead atoms. The molecule has 98 valence electrons. The summed E-state index contributed by atoms with van der Waals surface area (Å²) in [5.41, 5.74) is 0. The molecule has 0 radical (unpaired) electrons. The molecule has 3 heteroatoms. The summed E-state index contributed by atoms with van der Waals surface area (Å²) in [7, 11) is 0. The zero-order valence-corrected chi connectivity index (χ0v) is 11.1. The Hall–Kier alpha value is -0.570. The van der Waals surface area contributed by atoms with E-state index in [0.717, 1.165) is 50.9 Å². The van der Waals surface area contributed by atoms with Gasteiger partial charge in [0, 0.05) is 19.5 Å². The molecule has 2 atom stereocenters. The first-order valence-corrected chi connectivity index (χ1v) is 7.28. The first-order chi connectivity index (χ1) is 8.29. The Labute approximate surface area is 105 Å². The molecule has 2 unspecified atom stereocenters. The van der Waals surface area contributed by atoms with E-state index in [9.17, 15) is 4.79 Å². The van der Waals surface area contributed by atoms with Crippen LogP contribution in [0.4, 0.5) is 0 Å². The van der Waals surface area contributed by atoms with E-state index < -0.39 is 0 Å². The highest BCUT2D eigenvalue weighted by molar-refractivity contribution is 5.76. The fourth-order valence-corrected chi connectivity index (χ4v) is 3.15. The summed E-state index contributed by atoms with van der Waals surface area (Å²) in [6.07, 6.45) is 6.87. The summed E-state index contributed by atoms with van der Waals surface area (Å²) in [4.78, 5) is 14.2. The summed E-state index contributed by atoms with van der Waals surface area (Å²) in [5.74, 6) is 1.92. The van der Waals surface area contributed by atoms with Crippen LogP contribution in [0.2, 0.25) is 0 Å². The van der Waals surface area contributed by atoms with Gasteiger partial charge in [0.25, 0.3) is 0 Å². The highest BCUT2D eigenvalue weighted by atomic mass is 16.2. The van der Waals surface area contributed by atoms with Crippen LogP contribution in [0.15, 0.2) is 0 Å². The lowest BCUT2D eigenvalue weighted by Gasteiger charge is -2.17. The maximum atomic E-state index is 12.1. The molecule has 2 heterocycles. The van der Waals surface area contributed by atoms with Gasteiger partial charge in [0.2, 0.25) is 5.91 Å². The maximum absolute atomic E-state index is 12.1. The lowest BCUT2D eigenvalue weighted by molar-refractivity contribution is -0.130. The zero-order chi connectivity index (χ0) is 12.1. The summed E-state index contributed by atoms with van der Waals surface area (Å²) in [6.45, 7) is 6.52. The number of amides is 1. The van der Waals surface area contributed by atoms with Gasteiger partial charge in [-0.15, -0.1) is 0 Å². The molecule has 0 aliphatic carbocycles. The van der Waals surface area contributed by atoms with Crippen LogP contribution in [-0.2, 0) is 4.79 Å². The Kier molecular flexibility index (Phi) is 4.84. The van der Waals surface area contributed by atoms with Gasteiger partial charge in [0.15, 0.2) is 0 Å². The Morgan fingerprint density at radius 2 is 2.18 bits per heavy atom. The van der Waals surface area contributed by atoms with Gasteiger partial charge in [-0.3, -0.25) is 4.79 Å². The molecule has 0 aromatic carbocycles. The molecule has 1 amide bonds. The lowest BCUT2D eigenvalue weighted by Crippen LogP contribution is -2.29. The molecule has 2 aliphatic rings. The van der Waals surface area contributed by atoms with Gasteiger partial charge >= 0.3 is 0 Å². The van der Waals surface area contributed by atoms with Crippen molar-refractivity contribution >= 4 is 5.91 Å². The first kappa shape index (κ1) is 12.9. The minimum absolute atomic E-state index is 0.399. The zero-order valence-electron chi connectivity index (χ0n) is 11.1. The second-order valence-corrected chi connectivity index (χ2v) is 5.68. The molecule has 1 N–H and O–H groups in total. The van der Waals surface area contributed by atoms with Gasteiger partial charge < -0.3 is 10.2 Å². The molecular weight excluding hydrogens is 212 g/mol. The van der Waals surface area contributed by atoms with E-state index in [2.05, 4.69) is 17.1 Å². The predicted molar refractivity (Wildman–Crippen MR) is 69.8 cm³/mol. The van der Waals surface area contributed by atoms with Crippen molar-refractivity contribution in [2.45, 2.75) is 45.4 Å². The fourth-order valence-electron chi connectivity index (χ4n) is 3.15. The molecular formula is C14H26N2O. The van der Waals surface area contributed by atoms with E-state index in [4.69, 9.17) is 0 Å². The minimum atomic E-state index is 0.399. The van der Waals surface area contributed by atoms with Crippen molar-refractivity contribution in [3.63, 3.8) is 0 Å². The van der Waals surface area contributed by atoms with Gasteiger partial charge in [-0.2, -0.15) is 0 Å². The predicted octanol–water partition coefficient (Wildman–Crippen LogP) is 2.02. The van der Waals surface area contributed by atoms with E-state index in [1.165, 1.54) is 25.7 Å². The average Bonchev–Trinajstić information content (AvgIpc) is 2.97. The topological polar surface area (TPSA) is 32.3 Å². The van der Waals surface area contributed by atoms with Crippen LogP contribution >= 0.6 is 0 Å². The molecule has 0 aromatic rings. The number of carbonyl (C=O) groups excluding carboxylic acids is 1. The SMILES string of the molecule is CCCC1CCN(C(=O)CCC2CCNC2)C1. The van der Waals surface area contributed by atoms with Crippen LogP contribution in [0.5, 0.6) is 0 Å². The van der Waals surface area contributed by atoms with Crippen LogP contribution in [0.1, 0.15) is 45.4 Å². The molecule has 2 saturated heterocycles. The van der Waals surface area contributed by atoms with Gasteiger partial charge in [-0.1, -0.05) is 13.3 Å². The van der Waals surface area contributed by atoms with Crippen LogP contribution in [-0.4, -0.2) is 37.0 Å². The Morgan fingerprint density at radius 1 is 1.29 bits per heavy atom. The molecule has 2 rings (SSSR count). The second kappa shape index (κ2) is 6.39. The molecule has 0 spiro atoms. The molecule has 0 saturated carbocycles. The maximum Gasteiger partial charge on any atom is 0.222 e. The van der Waals surface area contributed by atoms with E-state index in [1.54, 1.807) is 0 Å². The molecule has 0 aromatic heterocycles. The number of hydrogen-bond acceptors (Lipinski definition) is 2. The smallest absolute Gasteiger partial charge is 0.222 e. The van der Waals surface area contributed by atoms with Crippen molar-refractivity contribution < 1.29 is 4.79 Å². The highest BCUT2D eigenvalue weighted by Gasteiger charge is 2.26. The van der Waals surface area contributed by atoms with Gasteiger partial charge in [-0.05, 0) is 50.6 Å². The van der Waals surface area contributed by atoms with Crippen molar-refractivity contribution in [2.24, 2.45) is 11.8 Å². The van der Waals surface area contributed by atoms with E-state index in [0.29, 0.717) is 5.91 Å². The third-order valence-corrected chi connectivity index (χ3v) is 4.26. The van der Waals surface area contributed by atoms with Crippen molar-refractivity contribution in [1.29, 1.82) is 0 Å². The summed E-state index contributed by atoms with van der Waals surface area (Å²) >= 11 is 0. The quantitative estimate of drug-likeness (QED) is 0.795. The van der Waals surface area contributed by atoms with Crippen molar-refractivity contribution in [1.82, 2.24) is 10.2 Å². The summed E-state index contributed by atoms with van der Waals surface area (Å²) in [5, 5.41) is 3.36. The fraction of sp³-hybridized carbons (Fsp3) is 0.929. The van der Waals surface area contributed by atoms with Crippen LogP contribution in [0.3, 0.4) is 0 Å². The Morgan fingerprint density at radius 3 is 2.88 bits per heavy atom. The number of rotatable bonds is 5. The Bertz CT molecular complexity index is 249. The van der Waals surface area contributed by atoms with Crippen LogP contribution in [0.25, 0.3) is 0 Å². The van der Waals surface area contributed by atoms with Crippen molar-refractivity contribution in [2.75, 3.05) is 26.2 Å². The number of hydrogen-bond donors (Lipinski definition) is 1. The number of nitrogens with one attached hydrogen (secondary N) is 1. The lowest BCUT2D eigenvalue weighted by atomic mass is 10.0. The van der Waals surface area contributed by atoms with E-state index in [1.807, 2.05) is 0 Å². The van der Waals surface area contributed by atoms with Gasteiger partial charge in [-0.25, -0.2) is 0 Å². The standard InChI is InChI=1S/C14H26N2O/c1-2-3-13-7-9-16(11-13)14(17)5-4-12-6-8-15-10-12/h12-13,15H,2-11H2,1H3. The van der Waals surface area contributed by atoms with E-state index in [-0.39, 0.29) is 0 Å². The highest BCUT2D eigenvalue weighted by Crippen LogP contribution is 2.22. The molecule has 3 nitrogen and oxygen atoms in total. The van der Waals surface area contributed by atoms with Crippen LogP contribution < -0.4 is 5.32 Å². The third kappa shape index (κ3) is 3.70. The first-order valence-electron chi connectivity index (χ1n) is 7.28. The minimum Gasteiger partial charge on any atom is -0.342 e. The third-order valence-electron chi connectivity index (χ3n) is 4.26. The molecule has 2 aliphatic heterocycles. The van der Waals surface area contributed by atoms with Gasteiger partial charge in [0.05, 0.1) is 0 Å². The number of nitrogens with zero attached hydrogens (tertiary/aromatic N) is 1. The normalized spacial score (nSPS) is 28.9. The average molecular weight is 238 g/mol. The second-order valence-electron chi connectivity index (χ2n) is 5.68.